The van der Waals surface area contributed by atoms with Crippen LogP contribution in [0.25, 0.3) is 22.9 Å². The Morgan fingerprint density at radius 3 is 2.48 bits per heavy atom. The highest BCUT2D eigenvalue weighted by molar-refractivity contribution is 5.62. The fraction of sp³-hybridized carbons (Fsp3) is 0.0667. The summed E-state index contributed by atoms with van der Waals surface area (Å²) in [4.78, 5) is 10.3. The lowest BCUT2D eigenvalue weighted by Crippen LogP contribution is -1.88. The molecule has 3 aromatic rings. The Kier molecular flexibility index (Phi) is 3.63. The van der Waals surface area contributed by atoms with Gasteiger partial charge in [-0.3, -0.25) is 10.1 Å². The summed E-state index contributed by atoms with van der Waals surface area (Å²) >= 11 is 0. The van der Waals surface area contributed by atoms with Gasteiger partial charge in [0.15, 0.2) is 11.5 Å². The molecule has 2 aromatic carbocycles. The number of ether oxygens (including phenoxy) is 1. The van der Waals surface area contributed by atoms with Crippen LogP contribution in [0.3, 0.4) is 0 Å². The minimum atomic E-state index is -0.494. The van der Waals surface area contributed by atoms with E-state index >= 15 is 0 Å². The van der Waals surface area contributed by atoms with E-state index in [1.807, 2.05) is 0 Å². The zero-order chi connectivity index (χ0) is 16.4. The van der Waals surface area contributed by atoms with Crippen molar-refractivity contribution < 1.29 is 19.2 Å². The highest BCUT2D eigenvalue weighted by atomic mass is 16.6. The summed E-state index contributed by atoms with van der Waals surface area (Å²) in [5, 5.41) is 28.2. The number of benzene rings is 2. The number of hydrogen-bond donors (Lipinski definition) is 1. The molecule has 0 atom stereocenters. The van der Waals surface area contributed by atoms with Crippen molar-refractivity contribution in [1.29, 1.82) is 0 Å². The van der Waals surface area contributed by atoms with E-state index in [0.29, 0.717) is 11.1 Å². The van der Waals surface area contributed by atoms with E-state index < -0.39 is 4.92 Å². The Hall–Kier alpha value is -3.42. The SMILES string of the molecule is COc1cc(-c2nnc(-c3cccc([N+](=O)[O-])c3)o2)ccc1O. The van der Waals surface area contributed by atoms with E-state index in [4.69, 9.17) is 9.15 Å². The van der Waals surface area contributed by atoms with Gasteiger partial charge in [0.2, 0.25) is 11.8 Å². The van der Waals surface area contributed by atoms with Crippen LogP contribution in [0.4, 0.5) is 5.69 Å². The second-order valence-corrected chi connectivity index (χ2v) is 4.61. The first-order valence-electron chi connectivity index (χ1n) is 6.54. The van der Waals surface area contributed by atoms with E-state index in [9.17, 15) is 15.2 Å². The predicted molar refractivity (Wildman–Crippen MR) is 80.0 cm³/mol. The van der Waals surface area contributed by atoms with Crippen molar-refractivity contribution >= 4 is 5.69 Å². The second-order valence-electron chi connectivity index (χ2n) is 4.61. The van der Waals surface area contributed by atoms with Gasteiger partial charge in [0.1, 0.15) is 0 Å². The number of nitro groups is 1. The summed E-state index contributed by atoms with van der Waals surface area (Å²) in [5.41, 5.74) is 0.945. The lowest BCUT2D eigenvalue weighted by molar-refractivity contribution is -0.384. The normalized spacial score (nSPS) is 10.5. The second kappa shape index (κ2) is 5.76. The average molecular weight is 313 g/mol. The van der Waals surface area contributed by atoms with Gasteiger partial charge in [0, 0.05) is 23.3 Å². The van der Waals surface area contributed by atoms with E-state index in [2.05, 4.69) is 10.2 Å². The molecule has 0 amide bonds. The van der Waals surface area contributed by atoms with Gasteiger partial charge in [-0.25, -0.2) is 0 Å². The summed E-state index contributed by atoms with van der Waals surface area (Å²) in [6, 6.07) is 10.5. The molecule has 0 aliphatic carbocycles. The minimum absolute atomic E-state index is 0.00493. The molecule has 0 unspecified atom stereocenters. The van der Waals surface area contributed by atoms with Gasteiger partial charge < -0.3 is 14.3 Å². The van der Waals surface area contributed by atoms with Crippen LogP contribution >= 0.6 is 0 Å². The number of non-ortho nitro benzene ring substituents is 1. The van der Waals surface area contributed by atoms with Crippen LogP contribution in [0, 0.1) is 10.1 Å². The van der Waals surface area contributed by atoms with Crippen molar-refractivity contribution in [2.45, 2.75) is 0 Å². The van der Waals surface area contributed by atoms with Crippen LogP contribution in [0.2, 0.25) is 0 Å². The number of nitrogens with zero attached hydrogens (tertiary/aromatic N) is 3. The molecule has 0 saturated heterocycles. The van der Waals surface area contributed by atoms with E-state index in [-0.39, 0.29) is 29.0 Å². The first kappa shape index (κ1) is 14.5. The number of nitro benzene ring substituents is 1. The molecule has 0 saturated carbocycles. The molecular weight excluding hydrogens is 302 g/mol. The summed E-state index contributed by atoms with van der Waals surface area (Å²) in [5.74, 6) is 0.646. The maximum atomic E-state index is 10.8. The molecule has 0 aliphatic heterocycles. The average Bonchev–Trinajstić information content (AvgIpc) is 3.05. The highest BCUT2D eigenvalue weighted by Gasteiger charge is 2.15. The van der Waals surface area contributed by atoms with Crippen LogP contribution < -0.4 is 4.74 Å². The molecule has 0 spiro atoms. The smallest absolute Gasteiger partial charge is 0.270 e. The molecule has 8 heteroatoms. The zero-order valence-corrected chi connectivity index (χ0v) is 12.0. The third kappa shape index (κ3) is 2.82. The number of rotatable bonds is 4. The zero-order valence-electron chi connectivity index (χ0n) is 12.0. The standard InChI is InChI=1S/C15H11N3O5/c1-22-13-8-10(5-6-12(13)19)15-17-16-14(23-15)9-3-2-4-11(7-9)18(20)21/h2-8,19H,1H3. The molecule has 0 aliphatic rings. The maximum Gasteiger partial charge on any atom is 0.270 e. The first-order valence-corrected chi connectivity index (χ1v) is 6.54. The molecule has 0 bridgehead atoms. The minimum Gasteiger partial charge on any atom is -0.504 e. The number of aromatic hydroxyl groups is 1. The Labute approximate surface area is 130 Å². The lowest BCUT2D eigenvalue weighted by atomic mass is 10.2. The molecule has 1 heterocycles. The third-order valence-corrected chi connectivity index (χ3v) is 3.16. The van der Waals surface area contributed by atoms with Crippen LogP contribution in [0.1, 0.15) is 0 Å². The van der Waals surface area contributed by atoms with Gasteiger partial charge in [-0.2, -0.15) is 0 Å². The fourth-order valence-corrected chi connectivity index (χ4v) is 2.02. The third-order valence-electron chi connectivity index (χ3n) is 3.16. The summed E-state index contributed by atoms with van der Waals surface area (Å²) in [7, 11) is 1.43. The molecular formula is C15H11N3O5. The van der Waals surface area contributed by atoms with Gasteiger partial charge in [-0.05, 0) is 24.3 Å². The number of phenolic OH excluding ortho intramolecular Hbond substituents is 1. The first-order chi connectivity index (χ1) is 11.1. The van der Waals surface area contributed by atoms with Crippen LogP contribution in [0.15, 0.2) is 46.9 Å². The molecule has 8 nitrogen and oxygen atoms in total. The summed E-state index contributed by atoms with van der Waals surface area (Å²) < 4.78 is 10.6. The molecule has 0 radical (unpaired) electrons. The van der Waals surface area contributed by atoms with Crippen LogP contribution in [0.5, 0.6) is 11.5 Å². The molecule has 3 rings (SSSR count). The number of phenols is 1. The summed E-state index contributed by atoms with van der Waals surface area (Å²) in [6.07, 6.45) is 0. The monoisotopic (exact) mass is 313 g/mol. The molecule has 1 N–H and O–H groups in total. The number of methoxy groups -OCH3 is 1. The number of aromatic nitrogens is 2. The Bertz CT molecular complexity index is 875. The van der Waals surface area contributed by atoms with Crippen molar-refractivity contribution in [3.8, 4) is 34.4 Å². The van der Waals surface area contributed by atoms with Crippen molar-refractivity contribution in [2.24, 2.45) is 0 Å². The Balaban J connectivity index is 1.97. The predicted octanol–water partition coefficient (Wildman–Crippen LogP) is 3.03. The molecule has 116 valence electrons. The van der Waals surface area contributed by atoms with Crippen molar-refractivity contribution in [2.75, 3.05) is 7.11 Å². The van der Waals surface area contributed by atoms with E-state index in [1.165, 1.54) is 25.3 Å². The van der Waals surface area contributed by atoms with Gasteiger partial charge in [0.25, 0.3) is 5.69 Å². The summed E-state index contributed by atoms with van der Waals surface area (Å²) in [6.45, 7) is 0. The molecule has 0 fully saturated rings. The van der Waals surface area contributed by atoms with E-state index in [1.54, 1.807) is 24.3 Å². The Morgan fingerprint density at radius 1 is 1.13 bits per heavy atom. The Morgan fingerprint density at radius 2 is 1.83 bits per heavy atom. The van der Waals surface area contributed by atoms with Crippen LogP contribution in [-0.2, 0) is 0 Å². The quantitative estimate of drug-likeness (QED) is 0.582. The van der Waals surface area contributed by atoms with Crippen molar-refractivity contribution in [3.05, 3.63) is 52.6 Å². The van der Waals surface area contributed by atoms with Crippen molar-refractivity contribution in [1.82, 2.24) is 10.2 Å². The van der Waals surface area contributed by atoms with Crippen LogP contribution in [-0.4, -0.2) is 27.3 Å². The van der Waals surface area contributed by atoms with Gasteiger partial charge in [0.05, 0.1) is 12.0 Å². The van der Waals surface area contributed by atoms with Gasteiger partial charge in [-0.15, -0.1) is 10.2 Å². The van der Waals surface area contributed by atoms with E-state index in [0.717, 1.165) is 0 Å². The molecule has 1 aromatic heterocycles. The molecule has 23 heavy (non-hydrogen) atoms. The highest BCUT2D eigenvalue weighted by Crippen LogP contribution is 2.32. The number of hydrogen-bond acceptors (Lipinski definition) is 7. The van der Waals surface area contributed by atoms with Gasteiger partial charge in [-0.1, -0.05) is 6.07 Å². The van der Waals surface area contributed by atoms with Gasteiger partial charge >= 0.3 is 0 Å². The fourth-order valence-electron chi connectivity index (χ4n) is 2.02. The topological polar surface area (TPSA) is 112 Å². The lowest BCUT2D eigenvalue weighted by Gasteiger charge is -2.03. The maximum absolute atomic E-state index is 10.8. The largest absolute Gasteiger partial charge is 0.504 e. The van der Waals surface area contributed by atoms with Crippen molar-refractivity contribution in [3.63, 3.8) is 0 Å².